The number of carbonyl (C=O) groups excluding carboxylic acids is 5. The van der Waals surface area contributed by atoms with Crippen LogP contribution < -0.4 is 0 Å². The van der Waals surface area contributed by atoms with Crippen LogP contribution in [0.3, 0.4) is 0 Å². The average Bonchev–Trinajstić information content (AvgIpc) is 3.06. The van der Waals surface area contributed by atoms with E-state index in [0.717, 1.165) is 35.0 Å². The standard InChI is InChI=1S/C30H38O18/c1-14(31)39-12-18-20(41-15(2)32)23(47-29(34)37-5)25(48-30(35)38-6)28(44-18)46-22-21-19(43-27(36-4)24(22)42-16(3)33)13-40-26(45-21)17-10-8-7-9-11-17/h7-11,18-28H,12-13H2,1-6H3/t18-,19-,20-,21-,22+,23+,24-,25-,26?,27+,28+/m1/s1. The van der Waals surface area contributed by atoms with Crippen LogP contribution in [0.4, 0.5) is 9.59 Å². The lowest BCUT2D eigenvalue weighted by atomic mass is 9.95. The van der Waals surface area contributed by atoms with E-state index in [4.69, 9.17) is 52.1 Å². The van der Waals surface area contributed by atoms with E-state index in [-0.39, 0.29) is 6.61 Å². The summed E-state index contributed by atoms with van der Waals surface area (Å²) >= 11 is 0. The molecule has 48 heavy (non-hydrogen) atoms. The summed E-state index contributed by atoms with van der Waals surface area (Å²) in [6.07, 6.45) is -17.2. The monoisotopic (exact) mass is 686 g/mol. The molecule has 3 fully saturated rings. The van der Waals surface area contributed by atoms with Gasteiger partial charge in [-0.15, -0.1) is 0 Å². The number of fused-ring (bicyclic) bond motifs is 1. The molecule has 3 aliphatic heterocycles. The van der Waals surface area contributed by atoms with Crippen LogP contribution in [-0.4, -0.2) is 126 Å². The van der Waals surface area contributed by atoms with E-state index in [1.165, 1.54) is 7.11 Å². The van der Waals surface area contributed by atoms with Gasteiger partial charge >= 0.3 is 30.2 Å². The van der Waals surface area contributed by atoms with Crippen molar-refractivity contribution >= 4 is 30.2 Å². The van der Waals surface area contributed by atoms with E-state index >= 15 is 0 Å². The van der Waals surface area contributed by atoms with E-state index < -0.39 is 105 Å². The molecule has 18 heteroatoms. The molecule has 3 saturated heterocycles. The zero-order valence-electron chi connectivity index (χ0n) is 27.0. The van der Waals surface area contributed by atoms with Crippen LogP contribution in [0.5, 0.6) is 0 Å². The molecular formula is C30H38O18. The second kappa shape index (κ2) is 16.8. The Morgan fingerprint density at radius 1 is 0.688 bits per heavy atom. The maximum atomic E-state index is 12.5. The Bertz CT molecular complexity index is 1270. The first-order valence-electron chi connectivity index (χ1n) is 14.7. The Balaban J connectivity index is 1.78. The Labute approximate surface area is 274 Å². The minimum Gasteiger partial charge on any atom is -0.463 e. The number of ether oxygens (including phenoxy) is 13. The fourth-order valence-electron chi connectivity index (χ4n) is 5.38. The van der Waals surface area contributed by atoms with Crippen LogP contribution in [-0.2, 0) is 76.0 Å². The average molecular weight is 687 g/mol. The first-order valence-corrected chi connectivity index (χ1v) is 14.7. The second-order valence-electron chi connectivity index (χ2n) is 10.6. The molecule has 0 bridgehead atoms. The van der Waals surface area contributed by atoms with E-state index in [0.29, 0.717) is 5.56 Å². The molecule has 1 unspecified atom stereocenters. The van der Waals surface area contributed by atoms with Gasteiger partial charge in [0.1, 0.15) is 31.0 Å². The predicted molar refractivity (Wildman–Crippen MR) is 152 cm³/mol. The van der Waals surface area contributed by atoms with Gasteiger partial charge in [-0.3, -0.25) is 14.4 Å². The smallest absolute Gasteiger partial charge is 0.463 e. The van der Waals surface area contributed by atoms with Crippen LogP contribution in [0.1, 0.15) is 32.6 Å². The van der Waals surface area contributed by atoms with Crippen molar-refractivity contribution in [2.75, 3.05) is 34.5 Å². The van der Waals surface area contributed by atoms with Crippen molar-refractivity contribution in [1.29, 1.82) is 0 Å². The van der Waals surface area contributed by atoms with Crippen molar-refractivity contribution in [2.45, 2.75) is 88.5 Å². The molecule has 1 aromatic rings. The van der Waals surface area contributed by atoms with Gasteiger partial charge in [0.15, 0.2) is 43.3 Å². The maximum absolute atomic E-state index is 12.5. The molecule has 3 aliphatic rings. The molecule has 0 amide bonds. The van der Waals surface area contributed by atoms with Gasteiger partial charge in [-0.2, -0.15) is 0 Å². The van der Waals surface area contributed by atoms with Crippen molar-refractivity contribution in [1.82, 2.24) is 0 Å². The lowest BCUT2D eigenvalue weighted by Gasteiger charge is -2.50. The first-order chi connectivity index (χ1) is 22.9. The van der Waals surface area contributed by atoms with Gasteiger partial charge in [-0.05, 0) is 0 Å². The first kappa shape index (κ1) is 36.8. The maximum Gasteiger partial charge on any atom is 0.508 e. The summed E-state index contributed by atoms with van der Waals surface area (Å²) in [4.78, 5) is 61.2. The Morgan fingerprint density at radius 2 is 1.29 bits per heavy atom. The summed E-state index contributed by atoms with van der Waals surface area (Å²) in [6, 6.07) is 8.95. The minimum absolute atomic E-state index is 0.0119. The molecule has 0 aliphatic carbocycles. The normalized spacial score (nSPS) is 32.8. The number of esters is 3. The molecule has 0 aromatic heterocycles. The Hall–Kier alpha value is -4.07. The molecule has 18 nitrogen and oxygen atoms in total. The summed E-state index contributed by atoms with van der Waals surface area (Å²) in [6.45, 7) is 2.81. The number of methoxy groups -OCH3 is 3. The zero-order valence-corrected chi connectivity index (χ0v) is 27.0. The van der Waals surface area contributed by atoms with E-state index in [1.807, 2.05) is 6.07 Å². The Morgan fingerprint density at radius 3 is 1.88 bits per heavy atom. The molecule has 0 N–H and O–H groups in total. The second-order valence-corrected chi connectivity index (χ2v) is 10.6. The lowest BCUT2D eigenvalue weighted by Crippen LogP contribution is -2.68. The topological polar surface area (TPSA) is 205 Å². The molecule has 3 heterocycles. The predicted octanol–water partition coefficient (Wildman–Crippen LogP) is 1.31. The Kier molecular flexibility index (Phi) is 12.9. The quantitative estimate of drug-likeness (QED) is 0.251. The van der Waals surface area contributed by atoms with Crippen molar-refractivity contribution in [3.8, 4) is 0 Å². The highest BCUT2D eigenvalue weighted by atomic mass is 16.8. The summed E-state index contributed by atoms with van der Waals surface area (Å²) in [5.74, 6) is -2.30. The van der Waals surface area contributed by atoms with Gasteiger partial charge in [0.05, 0.1) is 20.8 Å². The number of hydrogen-bond acceptors (Lipinski definition) is 18. The van der Waals surface area contributed by atoms with Crippen LogP contribution in [0, 0.1) is 0 Å². The fraction of sp³-hybridized carbons (Fsp3) is 0.633. The molecule has 0 saturated carbocycles. The highest BCUT2D eigenvalue weighted by molar-refractivity contribution is 5.67. The van der Waals surface area contributed by atoms with Crippen LogP contribution >= 0.6 is 0 Å². The summed E-state index contributed by atoms with van der Waals surface area (Å²) in [5, 5.41) is 0. The minimum atomic E-state index is -1.74. The van der Waals surface area contributed by atoms with E-state index in [2.05, 4.69) is 9.47 Å². The number of rotatable bonds is 10. The third-order valence-corrected chi connectivity index (χ3v) is 7.32. The summed E-state index contributed by atoms with van der Waals surface area (Å²) in [5.41, 5.74) is 0.658. The lowest BCUT2D eigenvalue weighted by molar-refractivity contribution is -0.390. The number of carbonyl (C=O) groups is 5. The third-order valence-electron chi connectivity index (χ3n) is 7.32. The van der Waals surface area contributed by atoms with E-state index in [9.17, 15) is 24.0 Å². The zero-order chi connectivity index (χ0) is 35.0. The molecule has 1 aromatic carbocycles. The largest absolute Gasteiger partial charge is 0.508 e. The van der Waals surface area contributed by atoms with Gasteiger partial charge < -0.3 is 61.6 Å². The molecule has 11 atom stereocenters. The van der Waals surface area contributed by atoms with Crippen molar-refractivity contribution in [2.24, 2.45) is 0 Å². The summed E-state index contributed by atoms with van der Waals surface area (Å²) in [7, 11) is 3.36. The van der Waals surface area contributed by atoms with Gasteiger partial charge in [0.25, 0.3) is 0 Å². The SMILES string of the molecule is COC(=O)O[C@@H]1[C@@H](OC(=O)OC)[C@H](O[C@@H]2[C@@H](OC(C)=O)[C@@H](OC)O[C@@H]3COC(c4ccccc4)O[C@@H]23)O[C@H](COC(C)=O)[C@H]1OC(C)=O. The van der Waals surface area contributed by atoms with Gasteiger partial charge in [0, 0.05) is 33.4 Å². The molecule has 0 radical (unpaired) electrons. The third kappa shape index (κ3) is 9.09. The number of benzene rings is 1. The van der Waals surface area contributed by atoms with Crippen molar-refractivity contribution in [3.63, 3.8) is 0 Å². The van der Waals surface area contributed by atoms with Gasteiger partial charge in [0.2, 0.25) is 0 Å². The van der Waals surface area contributed by atoms with Gasteiger partial charge in [-0.1, -0.05) is 30.3 Å². The summed E-state index contributed by atoms with van der Waals surface area (Å²) < 4.78 is 72.7. The highest BCUT2D eigenvalue weighted by Crippen LogP contribution is 2.39. The molecule has 0 spiro atoms. The van der Waals surface area contributed by atoms with Crippen LogP contribution in [0.25, 0.3) is 0 Å². The molecular weight excluding hydrogens is 648 g/mol. The fourth-order valence-corrected chi connectivity index (χ4v) is 5.38. The molecule has 266 valence electrons. The van der Waals surface area contributed by atoms with Crippen LogP contribution in [0.15, 0.2) is 30.3 Å². The van der Waals surface area contributed by atoms with Crippen LogP contribution in [0.2, 0.25) is 0 Å². The van der Waals surface area contributed by atoms with Gasteiger partial charge in [-0.25, -0.2) is 9.59 Å². The molecule has 4 rings (SSSR count). The van der Waals surface area contributed by atoms with Crippen molar-refractivity contribution in [3.05, 3.63) is 35.9 Å². The highest BCUT2D eigenvalue weighted by Gasteiger charge is 2.58. The van der Waals surface area contributed by atoms with E-state index in [1.54, 1.807) is 24.3 Å². The number of hydrogen-bond donors (Lipinski definition) is 0. The van der Waals surface area contributed by atoms with Crippen molar-refractivity contribution < 1.29 is 85.6 Å².